The van der Waals surface area contributed by atoms with Crippen LogP contribution >= 0.6 is 11.5 Å². The van der Waals surface area contributed by atoms with E-state index in [9.17, 15) is 4.79 Å². The van der Waals surface area contributed by atoms with Crippen molar-refractivity contribution in [2.24, 2.45) is 0 Å². The Labute approximate surface area is 90.3 Å². The molecular weight excluding hydrogens is 212 g/mol. The number of aromatic nitrogens is 3. The Kier molecular flexibility index (Phi) is 2.51. The van der Waals surface area contributed by atoms with Crippen molar-refractivity contribution in [3.8, 4) is 0 Å². The van der Waals surface area contributed by atoms with E-state index in [2.05, 4.69) is 9.59 Å². The van der Waals surface area contributed by atoms with Crippen LogP contribution in [0, 0.1) is 6.92 Å². The second-order valence-corrected chi connectivity index (χ2v) is 4.04. The molecule has 0 radical (unpaired) electrons. The van der Waals surface area contributed by atoms with E-state index in [1.165, 1.54) is 0 Å². The first kappa shape index (κ1) is 9.85. The highest BCUT2D eigenvalue weighted by atomic mass is 32.1. The molecule has 0 atom stereocenters. The fourth-order valence-electron chi connectivity index (χ4n) is 1.22. The Morgan fingerprint density at radius 2 is 2.40 bits per heavy atom. The van der Waals surface area contributed by atoms with Gasteiger partial charge in [0.2, 0.25) is 0 Å². The summed E-state index contributed by atoms with van der Waals surface area (Å²) in [6.07, 6.45) is 1.73. The molecule has 0 aromatic carbocycles. The van der Waals surface area contributed by atoms with Crippen molar-refractivity contribution in [1.82, 2.24) is 14.2 Å². The molecule has 0 bridgehead atoms. The van der Waals surface area contributed by atoms with Gasteiger partial charge in [0.25, 0.3) is 5.56 Å². The van der Waals surface area contributed by atoms with E-state index >= 15 is 0 Å². The molecule has 2 heterocycles. The summed E-state index contributed by atoms with van der Waals surface area (Å²) in [7, 11) is 0. The number of pyridine rings is 1. The minimum absolute atomic E-state index is 0.0533. The summed E-state index contributed by atoms with van der Waals surface area (Å²) in [5.41, 5.74) is 7.18. The smallest absolute Gasteiger partial charge is 0.251 e. The van der Waals surface area contributed by atoms with E-state index in [0.717, 1.165) is 17.1 Å². The molecule has 0 aliphatic heterocycles. The van der Waals surface area contributed by atoms with Crippen LogP contribution in [0.1, 0.15) is 11.3 Å². The van der Waals surface area contributed by atoms with Crippen molar-refractivity contribution in [2.45, 2.75) is 13.5 Å². The molecule has 15 heavy (non-hydrogen) atoms. The molecule has 2 rings (SSSR count). The number of hydrogen-bond donors (Lipinski definition) is 1. The number of hydrogen-bond acceptors (Lipinski definition) is 5. The maximum absolute atomic E-state index is 11.6. The van der Waals surface area contributed by atoms with Gasteiger partial charge in [0.05, 0.1) is 6.54 Å². The van der Waals surface area contributed by atoms with Crippen LogP contribution in [-0.4, -0.2) is 14.2 Å². The van der Waals surface area contributed by atoms with Crippen LogP contribution in [-0.2, 0) is 6.54 Å². The molecule has 0 unspecified atom stereocenters. The third-order valence-corrected chi connectivity index (χ3v) is 2.65. The fraction of sp³-hybridized carbons (Fsp3) is 0.222. The number of rotatable bonds is 2. The van der Waals surface area contributed by atoms with Gasteiger partial charge in [0.1, 0.15) is 10.7 Å². The fourth-order valence-corrected chi connectivity index (χ4v) is 1.66. The molecule has 0 aliphatic carbocycles. The van der Waals surface area contributed by atoms with Crippen molar-refractivity contribution in [1.29, 1.82) is 0 Å². The molecule has 0 saturated heterocycles. The number of nitrogens with zero attached hydrogens (tertiary/aromatic N) is 3. The van der Waals surface area contributed by atoms with Gasteiger partial charge in [-0.15, -0.1) is 5.10 Å². The van der Waals surface area contributed by atoms with Crippen molar-refractivity contribution >= 4 is 16.5 Å². The number of anilines is 1. The molecule has 0 amide bonds. The summed E-state index contributed by atoms with van der Waals surface area (Å²) in [5.74, 6) is 0. The van der Waals surface area contributed by atoms with Gasteiger partial charge in [0.15, 0.2) is 0 Å². The number of nitrogen functional groups attached to an aromatic ring is 1. The van der Waals surface area contributed by atoms with E-state index < -0.39 is 0 Å². The van der Waals surface area contributed by atoms with Gasteiger partial charge >= 0.3 is 0 Å². The lowest BCUT2D eigenvalue weighted by Gasteiger charge is -2.03. The Hall–Kier alpha value is -1.69. The first-order valence-electron chi connectivity index (χ1n) is 4.40. The van der Waals surface area contributed by atoms with Crippen molar-refractivity contribution in [2.75, 3.05) is 5.73 Å². The summed E-state index contributed by atoms with van der Waals surface area (Å²) >= 11 is 1.13. The van der Waals surface area contributed by atoms with Crippen LogP contribution in [0.4, 0.5) is 5.00 Å². The van der Waals surface area contributed by atoms with Crippen molar-refractivity contribution in [3.05, 3.63) is 39.9 Å². The van der Waals surface area contributed by atoms with E-state index in [-0.39, 0.29) is 5.56 Å². The largest absolute Gasteiger partial charge is 0.388 e. The minimum Gasteiger partial charge on any atom is -0.388 e. The zero-order valence-corrected chi connectivity index (χ0v) is 8.99. The standard InChI is InChI=1S/C9H10N4OS/c1-6-2-3-13(8(14)4-6)5-7-9(10)15-12-11-7/h2-4H,5,10H2,1H3. The van der Waals surface area contributed by atoms with Crippen LogP contribution in [0.3, 0.4) is 0 Å². The highest BCUT2D eigenvalue weighted by Gasteiger charge is 2.05. The monoisotopic (exact) mass is 222 g/mol. The van der Waals surface area contributed by atoms with Crippen LogP contribution < -0.4 is 11.3 Å². The summed E-state index contributed by atoms with van der Waals surface area (Å²) in [4.78, 5) is 11.6. The Morgan fingerprint density at radius 3 is 3.00 bits per heavy atom. The topological polar surface area (TPSA) is 73.8 Å². The van der Waals surface area contributed by atoms with Gasteiger partial charge in [-0.05, 0) is 18.6 Å². The molecule has 0 fully saturated rings. The van der Waals surface area contributed by atoms with Gasteiger partial charge in [-0.3, -0.25) is 4.79 Å². The first-order valence-corrected chi connectivity index (χ1v) is 5.18. The predicted molar refractivity (Wildman–Crippen MR) is 58.9 cm³/mol. The number of aryl methyl sites for hydroxylation is 1. The molecule has 0 saturated carbocycles. The maximum atomic E-state index is 11.6. The average molecular weight is 222 g/mol. The van der Waals surface area contributed by atoms with Crippen molar-refractivity contribution < 1.29 is 0 Å². The molecule has 6 heteroatoms. The maximum Gasteiger partial charge on any atom is 0.251 e. The Morgan fingerprint density at radius 1 is 1.60 bits per heavy atom. The van der Waals surface area contributed by atoms with Crippen LogP contribution in [0.15, 0.2) is 23.1 Å². The van der Waals surface area contributed by atoms with Crippen molar-refractivity contribution in [3.63, 3.8) is 0 Å². The minimum atomic E-state index is -0.0533. The van der Waals surface area contributed by atoms with E-state index in [1.807, 2.05) is 13.0 Å². The van der Waals surface area contributed by atoms with Gasteiger partial charge in [-0.1, -0.05) is 4.49 Å². The molecule has 0 aliphatic rings. The highest BCUT2D eigenvalue weighted by Crippen LogP contribution is 2.12. The average Bonchev–Trinajstić information content (AvgIpc) is 2.57. The van der Waals surface area contributed by atoms with Gasteiger partial charge in [-0.25, -0.2) is 0 Å². The van der Waals surface area contributed by atoms with Gasteiger partial charge in [-0.2, -0.15) is 0 Å². The summed E-state index contributed by atoms with van der Waals surface area (Å²) in [6, 6.07) is 3.45. The number of nitrogens with two attached hydrogens (primary N) is 1. The summed E-state index contributed by atoms with van der Waals surface area (Å²) in [6.45, 7) is 2.26. The lowest BCUT2D eigenvalue weighted by molar-refractivity contribution is 0.735. The van der Waals surface area contributed by atoms with E-state index in [1.54, 1.807) is 16.8 Å². The van der Waals surface area contributed by atoms with Crippen LogP contribution in [0.25, 0.3) is 0 Å². The SMILES string of the molecule is Cc1ccn(Cc2nnsc2N)c(=O)c1. The second-order valence-electron chi connectivity index (χ2n) is 3.25. The third-order valence-electron chi connectivity index (χ3n) is 2.06. The molecule has 78 valence electrons. The third kappa shape index (κ3) is 2.04. The first-order chi connectivity index (χ1) is 7.16. The Bertz CT molecular complexity index is 531. The quantitative estimate of drug-likeness (QED) is 0.809. The van der Waals surface area contributed by atoms with Gasteiger partial charge < -0.3 is 10.3 Å². The summed E-state index contributed by atoms with van der Waals surface area (Å²) < 4.78 is 5.27. The molecule has 2 aromatic rings. The lowest BCUT2D eigenvalue weighted by atomic mass is 10.3. The van der Waals surface area contributed by atoms with Crippen LogP contribution in [0.2, 0.25) is 0 Å². The van der Waals surface area contributed by atoms with E-state index in [4.69, 9.17) is 5.73 Å². The normalized spacial score (nSPS) is 10.5. The van der Waals surface area contributed by atoms with Crippen LogP contribution in [0.5, 0.6) is 0 Å². The molecule has 2 aromatic heterocycles. The molecule has 5 nitrogen and oxygen atoms in total. The summed E-state index contributed by atoms with van der Waals surface area (Å²) in [5, 5.41) is 4.42. The molecule has 2 N–H and O–H groups in total. The lowest BCUT2D eigenvalue weighted by Crippen LogP contribution is -2.19. The molecular formula is C9H10N4OS. The zero-order chi connectivity index (χ0) is 10.8. The second kappa shape index (κ2) is 3.82. The van der Waals surface area contributed by atoms with Gasteiger partial charge in [0, 0.05) is 23.8 Å². The zero-order valence-electron chi connectivity index (χ0n) is 8.17. The van der Waals surface area contributed by atoms with E-state index in [0.29, 0.717) is 17.2 Å². The predicted octanol–water partition coefficient (Wildman–Crippen LogP) is 0.639. The highest BCUT2D eigenvalue weighted by molar-refractivity contribution is 7.09. The molecule has 0 spiro atoms. The Balaban J connectivity index is 2.33.